The van der Waals surface area contributed by atoms with Crippen molar-refractivity contribution in [1.29, 1.82) is 0 Å². The van der Waals surface area contributed by atoms with Gasteiger partial charge in [0.2, 0.25) is 0 Å². The number of aryl methyl sites for hydroxylation is 1. The molecule has 8 heteroatoms. The number of benzene rings is 3. The maximum Gasteiger partial charge on any atom is 0.261 e. The Bertz CT molecular complexity index is 1140. The number of carbonyl (C=O) groups excluding carboxylic acids is 1. The van der Waals surface area contributed by atoms with E-state index in [9.17, 15) is 13.2 Å². The summed E-state index contributed by atoms with van der Waals surface area (Å²) in [6, 6.07) is 20.2. The van der Waals surface area contributed by atoms with E-state index in [0.717, 1.165) is 16.9 Å². The first-order chi connectivity index (χ1) is 15.3. The first kappa shape index (κ1) is 23.1. The second-order valence-corrected chi connectivity index (χ2v) is 8.98. The van der Waals surface area contributed by atoms with Crippen LogP contribution >= 0.6 is 0 Å². The van der Waals surface area contributed by atoms with Crippen molar-refractivity contribution in [3.8, 4) is 11.5 Å². The molecule has 168 valence electrons. The fourth-order valence-electron chi connectivity index (χ4n) is 2.96. The molecule has 0 aliphatic rings. The topological polar surface area (TPSA) is 93.7 Å². The second kappa shape index (κ2) is 10.2. The van der Waals surface area contributed by atoms with Crippen LogP contribution in [0.15, 0.2) is 77.7 Å². The van der Waals surface area contributed by atoms with Gasteiger partial charge in [-0.15, -0.1) is 0 Å². The molecule has 7 nitrogen and oxygen atoms in total. The summed E-state index contributed by atoms with van der Waals surface area (Å²) in [5, 5.41) is 2.86. The molecule has 3 rings (SSSR count). The normalized spacial score (nSPS) is 12.0. The van der Waals surface area contributed by atoms with Gasteiger partial charge in [0.25, 0.3) is 15.9 Å². The molecule has 0 spiro atoms. The Kier molecular flexibility index (Phi) is 7.37. The van der Waals surface area contributed by atoms with E-state index in [1.165, 1.54) is 24.3 Å². The van der Waals surface area contributed by atoms with E-state index >= 15 is 0 Å². The van der Waals surface area contributed by atoms with Gasteiger partial charge in [-0.1, -0.05) is 29.8 Å². The molecule has 0 fully saturated rings. The van der Waals surface area contributed by atoms with Crippen LogP contribution in [0.1, 0.15) is 24.1 Å². The van der Waals surface area contributed by atoms with Crippen molar-refractivity contribution in [2.75, 3.05) is 18.4 Å². The number of hydrogen-bond acceptors (Lipinski definition) is 5. The molecule has 2 N–H and O–H groups in total. The summed E-state index contributed by atoms with van der Waals surface area (Å²) in [5.74, 6) is 0.854. The van der Waals surface area contributed by atoms with Crippen molar-refractivity contribution >= 4 is 21.6 Å². The van der Waals surface area contributed by atoms with Crippen LogP contribution in [0.4, 0.5) is 5.69 Å². The van der Waals surface area contributed by atoms with Crippen LogP contribution in [-0.4, -0.2) is 28.0 Å². The molecule has 32 heavy (non-hydrogen) atoms. The van der Waals surface area contributed by atoms with Crippen molar-refractivity contribution in [3.05, 3.63) is 83.9 Å². The van der Waals surface area contributed by atoms with Crippen LogP contribution in [0.5, 0.6) is 11.5 Å². The van der Waals surface area contributed by atoms with Gasteiger partial charge in [-0.3, -0.25) is 9.52 Å². The predicted molar refractivity (Wildman–Crippen MR) is 123 cm³/mol. The third-order valence-electron chi connectivity index (χ3n) is 4.80. The maximum atomic E-state index is 12.5. The lowest BCUT2D eigenvalue weighted by Crippen LogP contribution is -2.31. The van der Waals surface area contributed by atoms with Crippen molar-refractivity contribution in [2.45, 2.75) is 24.8 Å². The largest absolute Gasteiger partial charge is 0.497 e. The summed E-state index contributed by atoms with van der Waals surface area (Å²) in [7, 11) is -2.12. The average Bonchev–Trinajstić information content (AvgIpc) is 2.79. The molecule has 0 unspecified atom stereocenters. The van der Waals surface area contributed by atoms with Gasteiger partial charge in [0.05, 0.1) is 18.0 Å². The molecule has 1 atom stereocenters. The van der Waals surface area contributed by atoms with Gasteiger partial charge < -0.3 is 14.8 Å². The number of amides is 1. The highest BCUT2D eigenvalue weighted by Gasteiger charge is 2.15. The molecule has 0 bridgehead atoms. The maximum absolute atomic E-state index is 12.5. The highest BCUT2D eigenvalue weighted by Crippen LogP contribution is 2.20. The smallest absolute Gasteiger partial charge is 0.261 e. The Hall–Kier alpha value is -3.52. The van der Waals surface area contributed by atoms with Crippen LogP contribution < -0.4 is 19.5 Å². The Morgan fingerprint density at radius 2 is 1.50 bits per heavy atom. The van der Waals surface area contributed by atoms with Gasteiger partial charge in [0.1, 0.15) is 11.5 Å². The number of sulfonamides is 1. The summed E-state index contributed by atoms with van der Waals surface area (Å²) in [6.45, 7) is 3.62. The zero-order valence-electron chi connectivity index (χ0n) is 18.2. The summed E-state index contributed by atoms with van der Waals surface area (Å²) in [6.07, 6.45) is 0. The molecule has 0 aromatic heterocycles. The van der Waals surface area contributed by atoms with Gasteiger partial charge in [-0.25, -0.2) is 8.42 Å². The van der Waals surface area contributed by atoms with Gasteiger partial charge in [-0.2, -0.15) is 0 Å². The SMILES string of the molecule is COc1ccc([C@H](C)NC(=O)COc2ccc(S(=O)(=O)Nc3ccc(C)cc3)cc2)cc1. The minimum atomic E-state index is -3.72. The van der Waals surface area contributed by atoms with Crippen LogP contribution in [0.25, 0.3) is 0 Å². The summed E-state index contributed by atoms with van der Waals surface area (Å²) in [5.41, 5.74) is 2.46. The number of hydrogen-bond donors (Lipinski definition) is 2. The highest BCUT2D eigenvalue weighted by atomic mass is 32.2. The van der Waals surface area contributed by atoms with Crippen LogP contribution in [0, 0.1) is 6.92 Å². The van der Waals surface area contributed by atoms with Gasteiger partial charge in [0.15, 0.2) is 6.61 Å². The lowest BCUT2D eigenvalue weighted by atomic mass is 10.1. The molecule has 3 aromatic carbocycles. The van der Waals surface area contributed by atoms with E-state index in [1.54, 1.807) is 19.2 Å². The van der Waals surface area contributed by atoms with Crippen LogP contribution in [0.2, 0.25) is 0 Å². The number of anilines is 1. The van der Waals surface area contributed by atoms with Gasteiger partial charge >= 0.3 is 0 Å². The van der Waals surface area contributed by atoms with E-state index in [4.69, 9.17) is 9.47 Å². The molecule has 0 saturated carbocycles. The zero-order valence-corrected chi connectivity index (χ0v) is 19.0. The first-order valence-electron chi connectivity index (χ1n) is 10.0. The Morgan fingerprint density at radius 1 is 0.906 bits per heavy atom. The molecule has 0 saturated heterocycles. The number of nitrogens with one attached hydrogen (secondary N) is 2. The highest BCUT2D eigenvalue weighted by molar-refractivity contribution is 7.92. The van der Waals surface area contributed by atoms with E-state index < -0.39 is 10.0 Å². The zero-order chi connectivity index (χ0) is 23.1. The fourth-order valence-corrected chi connectivity index (χ4v) is 4.02. The summed E-state index contributed by atoms with van der Waals surface area (Å²) < 4.78 is 38.2. The van der Waals surface area contributed by atoms with Gasteiger partial charge in [-0.05, 0) is 67.9 Å². The second-order valence-electron chi connectivity index (χ2n) is 7.29. The quantitative estimate of drug-likeness (QED) is 0.509. The van der Waals surface area contributed by atoms with Crippen molar-refractivity contribution in [3.63, 3.8) is 0 Å². The molecule has 0 radical (unpaired) electrons. The molecule has 1 amide bonds. The lowest BCUT2D eigenvalue weighted by Gasteiger charge is -2.15. The van der Waals surface area contributed by atoms with Gasteiger partial charge in [0, 0.05) is 5.69 Å². The number of ether oxygens (including phenoxy) is 2. The number of methoxy groups -OCH3 is 1. The molecular weight excluding hydrogens is 428 g/mol. The molecule has 0 heterocycles. The van der Waals surface area contributed by atoms with Crippen molar-refractivity contribution in [1.82, 2.24) is 5.32 Å². The summed E-state index contributed by atoms with van der Waals surface area (Å²) in [4.78, 5) is 12.3. The molecule has 0 aliphatic heterocycles. The van der Waals surface area contributed by atoms with Crippen LogP contribution in [0.3, 0.4) is 0 Å². The molecular formula is C24H26N2O5S. The minimum absolute atomic E-state index is 0.100. The Morgan fingerprint density at radius 3 is 2.09 bits per heavy atom. The summed E-state index contributed by atoms with van der Waals surface area (Å²) >= 11 is 0. The number of carbonyl (C=O) groups is 1. The third-order valence-corrected chi connectivity index (χ3v) is 6.20. The standard InChI is InChI=1S/C24H26N2O5S/c1-17-4-8-20(9-5-17)26-32(28,29)23-14-12-22(13-15-23)31-16-24(27)25-18(2)19-6-10-21(30-3)11-7-19/h4-15,18,26H,16H2,1-3H3,(H,25,27)/t18-/m0/s1. The Labute approximate surface area is 188 Å². The van der Waals surface area contributed by atoms with Crippen molar-refractivity contribution < 1.29 is 22.7 Å². The third kappa shape index (κ3) is 6.24. The van der Waals surface area contributed by atoms with Crippen molar-refractivity contribution in [2.24, 2.45) is 0 Å². The number of rotatable bonds is 9. The minimum Gasteiger partial charge on any atom is -0.497 e. The van der Waals surface area contributed by atoms with E-state index in [2.05, 4.69) is 10.0 Å². The van der Waals surface area contributed by atoms with E-state index in [1.807, 2.05) is 50.2 Å². The van der Waals surface area contributed by atoms with E-state index in [-0.39, 0.29) is 23.5 Å². The first-order valence-corrected chi connectivity index (χ1v) is 11.5. The molecule has 3 aromatic rings. The predicted octanol–water partition coefficient (Wildman–Crippen LogP) is 4.06. The fraction of sp³-hybridized carbons (Fsp3) is 0.208. The molecule has 0 aliphatic carbocycles. The average molecular weight is 455 g/mol. The van der Waals surface area contributed by atoms with E-state index in [0.29, 0.717) is 11.4 Å². The van der Waals surface area contributed by atoms with Crippen LogP contribution in [-0.2, 0) is 14.8 Å². The lowest BCUT2D eigenvalue weighted by molar-refractivity contribution is -0.123. The monoisotopic (exact) mass is 454 g/mol. The Balaban J connectivity index is 1.53.